The molecule has 0 aliphatic carbocycles. The highest BCUT2D eigenvalue weighted by molar-refractivity contribution is 5.81. The lowest BCUT2D eigenvalue weighted by Gasteiger charge is -2.20. The molecule has 0 aliphatic rings. The zero-order valence-corrected chi connectivity index (χ0v) is 8.17. The topological polar surface area (TPSA) is 84.6 Å². The second kappa shape index (κ2) is 5.64. The molecule has 0 rings (SSSR count). The molecule has 13 heavy (non-hydrogen) atoms. The van der Waals surface area contributed by atoms with Crippen LogP contribution in [-0.2, 0) is 4.79 Å². The molecule has 0 heterocycles. The first-order valence-electron chi connectivity index (χ1n) is 4.32. The van der Waals surface area contributed by atoms with Crippen LogP contribution < -0.4 is 11.1 Å². The summed E-state index contributed by atoms with van der Waals surface area (Å²) in [6, 6.07) is 0. The number of nitroso groups, excluding NO2 is 1. The highest BCUT2D eigenvalue weighted by Crippen LogP contribution is 2.11. The van der Waals surface area contributed by atoms with Crippen LogP contribution >= 0.6 is 0 Å². The van der Waals surface area contributed by atoms with E-state index in [9.17, 15) is 9.70 Å². The quantitative estimate of drug-likeness (QED) is 0.461. The molecular formula is C8H17N3O2. The molecule has 5 nitrogen and oxygen atoms in total. The summed E-state index contributed by atoms with van der Waals surface area (Å²) in [4.78, 5) is 21.1. The van der Waals surface area contributed by atoms with Crippen molar-refractivity contribution >= 4 is 5.91 Å². The van der Waals surface area contributed by atoms with Crippen molar-refractivity contribution in [1.82, 2.24) is 5.32 Å². The van der Waals surface area contributed by atoms with E-state index in [1.54, 1.807) is 13.8 Å². The summed E-state index contributed by atoms with van der Waals surface area (Å²) in [5, 5.41) is 5.38. The molecule has 0 saturated heterocycles. The Morgan fingerprint density at radius 1 is 1.54 bits per heavy atom. The van der Waals surface area contributed by atoms with Gasteiger partial charge in [-0.25, -0.2) is 0 Å². The Morgan fingerprint density at radius 3 is 2.62 bits per heavy atom. The van der Waals surface area contributed by atoms with Gasteiger partial charge in [0.15, 0.2) is 0 Å². The molecular weight excluding hydrogens is 170 g/mol. The van der Waals surface area contributed by atoms with E-state index in [0.717, 1.165) is 0 Å². The van der Waals surface area contributed by atoms with Crippen LogP contribution in [0.4, 0.5) is 0 Å². The molecule has 0 saturated carbocycles. The standard InChI is InChI=1S/C8H17N3O2/c1-8(2,6-9)7(12)10-4-3-5-11-13/h3-6,9H2,1-2H3,(H,10,12). The largest absolute Gasteiger partial charge is 0.356 e. The van der Waals surface area contributed by atoms with Crippen molar-refractivity contribution in [2.45, 2.75) is 20.3 Å². The normalized spacial score (nSPS) is 11.0. The minimum Gasteiger partial charge on any atom is -0.356 e. The molecule has 0 radical (unpaired) electrons. The van der Waals surface area contributed by atoms with E-state index < -0.39 is 5.41 Å². The Balaban J connectivity index is 3.68. The molecule has 0 unspecified atom stereocenters. The lowest BCUT2D eigenvalue weighted by molar-refractivity contribution is -0.128. The molecule has 0 aliphatic heterocycles. The Hall–Kier alpha value is -0.970. The summed E-state index contributed by atoms with van der Waals surface area (Å²) in [5.41, 5.74) is 4.88. The number of hydrogen-bond donors (Lipinski definition) is 2. The average Bonchev–Trinajstić information content (AvgIpc) is 2.12. The number of amides is 1. The molecule has 76 valence electrons. The van der Waals surface area contributed by atoms with Gasteiger partial charge in [-0.1, -0.05) is 5.18 Å². The molecule has 1 amide bonds. The Labute approximate surface area is 78.0 Å². The average molecular weight is 187 g/mol. The van der Waals surface area contributed by atoms with Gasteiger partial charge < -0.3 is 11.1 Å². The maximum Gasteiger partial charge on any atom is 0.226 e. The third-order valence-electron chi connectivity index (χ3n) is 1.84. The number of carbonyl (C=O) groups is 1. The second-order valence-electron chi connectivity index (χ2n) is 3.55. The number of hydrogen-bond acceptors (Lipinski definition) is 4. The minimum atomic E-state index is -0.533. The zero-order valence-electron chi connectivity index (χ0n) is 8.17. The van der Waals surface area contributed by atoms with Crippen molar-refractivity contribution in [1.29, 1.82) is 0 Å². The van der Waals surface area contributed by atoms with Gasteiger partial charge in [0.25, 0.3) is 0 Å². The van der Waals surface area contributed by atoms with Gasteiger partial charge in [-0.05, 0) is 20.3 Å². The lowest BCUT2D eigenvalue weighted by Crippen LogP contribution is -2.42. The van der Waals surface area contributed by atoms with E-state index in [-0.39, 0.29) is 12.5 Å². The maximum atomic E-state index is 11.4. The van der Waals surface area contributed by atoms with Gasteiger partial charge in [0.2, 0.25) is 5.91 Å². The van der Waals surface area contributed by atoms with E-state index in [1.807, 2.05) is 0 Å². The summed E-state index contributed by atoms with van der Waals surface area (Å²) in [6.45, 7) is 4.59. The number of carbonyl (C=O) groups excluding carboxylic acids is 1. The van der Waals surface area contributed by atoms with E-state index in [2.05, 4.69) is 10.5 Å². The van der Waals surface area contributed by atoms with Crippen LogP contribution in [-0.4, -0.2) is 25.5 Å². The molecule has 0 fully saturated rings. The number of nitrogens with two attached hydrogens (primary N) is 1. The first-order chi connectivity index (χ1) is 6.04. The monoisotopic (exact) mass is 187 g/mol. The van der Waals surface area contributed by atoms with Crippen LogP contribution in [0, 0.1) is 10.3 Å². The summed E-state index contributed by atoms with van der Waals surface area (Å²) < 4.78 is 0. The lowest BCUT2D eigenvalue weighted by atomic mass is 9.93. The predicted octanol–water partition coefficient (Wildman–Crippen LogP) is 0.244. The van der Waals surface area contributed by atoms with E-state index in [1.165, 1.54) is 0 Å². The first-order valence-corrected chi connectivity index (χ1v) is 4.32. The molecule has 0 aromatic rings. The van der Waals surface area contributed by atoms with Gasteiger partial charge in [0.05, 0.1) is 12.0 Å². The van der Waals surface area contributed by atoms with Gasteiger partial charge >= 0.3 is 0 Å². The molecule has 0 atom stereocenters. The van der Waals surface area contributed by atoms with Gasteiger partial charge in [0.1, 0.15) is 0 Å². The number of rotatable bonds is 6. The number of nitrogens with zero attached hydrogens (tertiary/aromatic N) is 1. The van der Waals surface area contributed by atoms with Crippen LogP contribution in [0.5, 0.6) is 0 Å². The SMILES string of the molecule is CC(C)(CN)C(=O)NCCCN=O. The summed E-state index contributed by atoms with van der Waals surface area (Å²) >= 11 is 0. The van der Waals surface area contributed by atoms with E-state index >= 15 is 0 Å². The zero-order chi connectivity index (χ0) is 10.3. The van der Waals surface area contributed by atoms with Crippen molar-refractivity contribution in [3.05, 3.63) is 4.91 Å². The second-order valence-corrected chi connectivity index (χ2v) is 3.55. The van der Waals surface area contributed by atoms with Crippen LogP contribution in [0.2, 0.25) is 0 Å². The predicted molar refractivity (Wildman–Crippen MR) is 51.1 cm³/mol. The highest BCUT2D eigenvalue weighted by atomic mass is 16.3. The number of nitrogens with one attached hydrogen (secondary N) is 1. The van der Waals surface area contributed by atoms with Gasteiger partial charge in [-0.15, -0.1) is 0 Å². The van der Waals surface area contributed by atoms with Crippen LogP contribution in [0.15, 0.2) is 5.18 Å². The van der Waals surface area contributed by atoms with Crippen LogP contribution in [0.25, 0.3) is 0 Å². The molecule has 0 bridgehead atoms. The van der Waals surface area contributed by atoms with Gasteiger partial charge in [0, 0.05) is 13.1 Å². The van der Waals surface area contributed by atoms with Crippen molar-refractivity contribution in [2.75, 3.05) is 19.6 Å². The van der Waals surface area contributed by atoms with Gasteiger partial charge in [-0.3, -0.25) is 4.79 Å². The Kier molecular flexibility index (Phi) is 5.22. The fourth-order valence-corrected chi connectivity index (χ4v) is 0.678. The summed E-state index contributed by atoms with van der Waals surface area (Å²) in [6.07, 6.45) is 0.579. The van der Waals surface area contributed by atoms with Crippen molar-refractivity contribution < 1.29 is 4.79 Å². The van der Waals surface area contributed by atoms with E-state index in [4.69, 9.17) is 5.73 Å². The molecule has 0 aromatic carbocycles. The highest BCUT2D eigenvalue weighted by Gasteiger charge is 2.24. The molecule has 5 heteroatoms. The van der Waals surface area contributed by atoms with Crippen LogP contribution in [0.3, 0.4) is 0 Å². The Bertz CT molecular complexity index is 180. The first kappa shape index (κ1) is 12.0. The fraction of sp³-hybridized carbons (Fsp3) is 0.875. The van der Waals surface area contributed by atoms with Gasteiger partial charge in [-0.2, -0.15) is 4.91 Å². The molecule has 0 aromatic heterocycles. The van der Waals surface area contributed by atoms with Crippen molar-refractivity contribution in [3.63, 3.8) is 0 Å². The van der Waals surface area contributed by atoms with E-state index in [0.29, 0.717) is 19.5 Å². The Morgan fingerprint density at radius 2 is 2.15 bits per heavy atom. The van der Waals surface area contributed by atoms with Crippen LogP contribution in [0.1, 0.15) is 20.3 Å². The summed E-state index contributed by atoms with van der Waals surface area (Å²) in [7, 11) is 0. The fourth-order valence-electron chi connectivity index (χ4n) is 0.678. The molecule has 0 spiro atoms. The smallest absolute Gasteiger partial charge is 0.226 e. The third kappa shape index (κ3) is 4.57. The van der Waals surface area contributed by atoms with Crippen molar-refractivity contribution in [3.8, 4) is 0 Å². The summed E-state index contributed by atoms with van der Waals surface area (Å²) in [5.74, 6) is -0.0825. The maximum absolute atomic E-state index is 11.4. The minimum absolute atomic E-state index is 0.0825. The molecule has 3 N–H and O–H groups in total. The van der Waals surface area contributed by atoms with Crippen molar-refractivity contribution in [2.24, 2.45) is 16.3 Å². The third-order valence-corrected chi connectivity index (χ3v) is 1.84.